The summed E-state index contributed by atoms with van der Waals surface area (Å²) in [5, 5.41) is 3.50. The van der Waals surface area contributed by atoms with Gasteiger partial charge in [0.15, 0.2) is 0 Å². The standard InChI is InChI=1S/C12H19NO/c1-8(2)3-6-12(14)10-7-9-4-5-11(10)13-9/h9-11,13H,1,3-7H2,2H3. The molecule has 2 bridgehead atoms. The Morgan fingerprint density at radius 1 is 1.43 bits per heavy atom. The Morgan fingerprint density at radius 3 is 2.71 bits per heavy atom. The minimum atomic E-state index is 0.313. The first-order valence-electron chi connectivity index (χ1n) is 5.60. The number of hydrogen-bond acceptors (Lipinski definition) is 2. The lowest BCUT2D eigenvalue weighted by molar-refractivity contribution is -0.123. The molecule has 2 rings (SSSR count). The van der Waals surface area contributed by atoms with Gasteiger partial charge in [-0.2, -0.15) is 0 Å². The number of Topliss-reactive ketones (excluding diaryl/α,β-unsaturated/α-hetero) is 1. The Morgan fingerprint density at radius 2 is 2.21 bits per heavy atom. The first-order chi connectivity index (χ1) is 6.66. The molecule has 78 valence electrons. The zero-order valence-corrected chi connectivity index (χ0v) is 8.88. The molecule has 1 N–H and O–H groups in total. The average Bonchev–Trinajstić information content (AvgIpc) is 2.74. The summed E-state index contributed by atoms with van der Waals surface area (Å²) in [6.07, 6.45) is 5.13. The smallest absolute Gasteiger partial charge is 0.137 e. The van der Waals surface area contributed by atoms with Crippen LogP contribution in [0.15, 0.2) is 12.2 Å². The van der Waals surface area contributed by atoms with E-state index in [-0.39, 0.29) is 0 Å². The van der Waals surface area contributed by atoms with Crippen LogP contribution in [0.3, 0.4) is 0 Å². The highest BCUT2D eigenvalue weighted by Gasteiger charge is 2.41. The quantitative estimate of drug-likeness (QED) is 0.692. The van der Waals surface area contributed by atoms with Gasteiger partial charge >= 0.3 is 0 Å². The Balaban J connectivity index is 1.84. The first-order valence-corrected chi connectivity index (χ1v) is 5.60. The van der Waals surface area contributed by atoms with E-state index >= 15 is 0 Å². The lowest BCUT2D eigenvalue weighted by atomic mass is 9.84. The van der Waals surface area contributed by atoms with E-state index in [0.717, 1.165) is 18.4 Å². The van der Waals surface area contributed by atoms with Crippen molar-refractivity contribution in [3.05, 3.63) is 12.2 Å². The molecule has 2 aliphatic heterocycles. The molecule has 2 aliphatic rings. The number of carbonyl (C=O) groups is 1. The molecule has 3 atom stereocenters. The van der Waals surface area contributed by atoms with Crippen molar-refractivity contribution >= 4 is 5.78 Å². The molecule has 0 spiro atoms. The largest absolute Gasteiger partial charge is 0.310 e. The third-order valence-electron chi connectivity index (χ3n) is 3.51. The van der Waals surface area contributed by atoms with Crippen molar-refractivity contribution in [2.45, 2.75) is 51.1 Å². The number of fused-ring (bicyclic) bond motifs is 2. The maximum absolute atomic E-state index is 11.9. The van der Waals surface area contributed by atoms with Gasteiger partial charge in [0.05, 0.1) is 0 Å². The molecule has 2 fully saturated rings. The van der Waals surface area contributed by atoms with Crippen molar-refractivity contribution in [3.8, 4) is 0 Å². The Kier molecular flexibility index (Phi) is 2.73. The van der Waals surface area contributed by atoms with Gasteiger partial charge in [-0.25, -0.2) is 0 Å². The van der Waals surface area contributed by atoms with Crippen LogP contribution in [0.2, 0.25) is 0 Å². The summed E-state index contributed by atoms with van der Waals surface area (Å²) in [5.41, 5.74) is 1.12. The van der Waals surface area contributed by atoms with Crippen molar-refractivity contribution in [2.75, 3.05) is 0 Å². The first kappa shape index (κ1) is 9.91. The van der Waals surface area contributed by atoms with Gasteiger partial charge in [-0.15, -0.1) is 6.58 Å². The number of rotatable bonds is 4. The SMILES string of the molecule is C=C(C)CCC(=O)C1CC2CCC1N2. The fourth-order valence-corrected chi connectivity index (χ4v) is 2.70. The second-order valence-electron chi connectivity index (χ2n) is 4.81. The van der Waals surface area contributed by atoms with Crippen LogP contribution >= 0.6 is 0 Å². The van der Waals surface area contributed by atoms with E-state index in [9.17, 15) is 4.79 Å². The van der Waals surface area contributed by atoms with Gasteiger partial charge in [-0.3, -0.25) is 4.79 Å². The second kappa shape index (κ2) is 3.85. The Labute approximate surface area is 85.8 Å². The van der Waals surface area contributed by atoms with Crippen LogP contribution in [-0.2, 0) is 4.79 Å². The fraction of sp³-hybridized carbons (Fsp3) is 0.750. The van der Waals surface area contributed by atoms with Crippen molar-refractivity contribution in [2.24, 2.45) is 5.92 Å². The van der Waals surface area contributed by atoms with Crippen LogP contribution in [-0.4, -0.2) is 17.9 Å². The maximum atomic E-state index is 11.9. The van der Waals surface area contributed by atoms with Crippen LogP contribution < -0.4 is 5.32 Å². The Bertz CT molecular complexity index is 259. The van der Waals surface area contributed by atoms with Gasteiger partial charge < -0.3 is 5.32 Å². The third kappa shape index (κ3) is 1.90. The summed E-state index contributed by atoms with van der Waals surface area (Å²) in [6, 6.07) is 1.14. The summed E-state index contributed by atoms with van der Waals surface area (Å²) < 4.78 is 0. The van der Waals surface area contributed by atoms with E-state index in [4.69, 9.17) is 0 Å². The third-order valence-corrected chi connectivity index (χ3v) is 3.51. The normalized spacial score (nSPS) is 34.8. The molecule has 14 heavy (non-hydrogen) atoms. The van der Waals surface area contributed by atoms with Crippen LogP contribution in [0.4, 0.5) is 0 Å². The highest BCUT2D eigenvalue weighted by molar-refractivity contribution is 5.82. The molecule has 2 nitrogen and oxygen atoms in total. The van der Waals surface area contributed by atoms with Crippen molar-refractivity contribution in [3.63, 3.8) is 0 Å². The molecule has 0 aliphatic carbocycles. The minimum Gasteiger partial charge on any atom is -0.310 e. The number of nitrogens with one attached hydrogen (secondary N) is 1. The number of ketones is 1. The van der Waals surface area contributed by atoms with Gasteiger partial charge in [-0.05, 0) is 32.6 Å². The van der Waals surface area contributed by atoms with Crippen LogP contribution in [0, 0.1) is 5.92 Å². The van der Waals surface area contributed by atoms with Gasteiger partial charge in [0, 0.05) is 24.4 Å². The molecule has 0 radical (unpaired) electrons. The minimum absolute atomic E-state index is 0.313. The summed E-state index contributed by atoms with van der Waals surface area (Å²) in [4.78, 5) is 11.9. The van der Waals surface area contributed by atoms with Crippen LogP contribution in [0.5, 0.6) is 0 Å². The highest BCUT2D eigenvalue weighted by atomic mass is 16.1. The molecular weight excluding hydrogens is 174 g/mol. The molecule has 3 unspecified atom stereocenters. The van der Waals surface area contributed by atoms with Crippen LogP contribution in [0.1, 0.15) is 39.0 Å². The summed E-state index contributed by atoms with van der Waals surface area (Å²) in [5.74, 6) is 0.765. The molecule has 0 aromatic heterocycles. The van der Waals surface area contributed by atoms with E-state index < -0.39 is 0 Å². The monoisotopic (exact) mass is 193 g/mol. The zero-order valence-electron chi connectivity index (χ0n) is 8.88. The van der Waals surface area contributed by atoms with Gasteiger partial charge in [0.2, 0.25) is 0 Å². The zero-order chi connectivity index (χ0) is 10.1. The number of hydrogen-bond donors (Lipinski definition) is 1. The van der Waals surface area contributed by atoms with Crippen molar-refractivity contribution in [1.82, 2.24) is 5.32 Å². The summed E-state index contributed by atoms with van der Waals surface area (Å²) in [6.45, 7) is 5.83. The molecule has 0 saturated carbocycles. The van der Waals surface area contributed by atoms with E-state index in [1.165, 1.54) is 12.8 Å². The summed E-state index contributed by atoms with van der Waals surface area (Å²) >= 11 is 0. The van der Waals surface area contributed by atoms with Gasteiger partial charge in [-0.1, -0.05) is 5.57 Å². The van der Waals surface area contributed by atoms with Crippen LogP contribution in [0.25, 0.3) is 0 Å². The molecule has 2 heterocycles. The predicted octanol–water partition coefficient (Wildman–Crippen LogP) is 2.05. The maximum Gasteiger partial charge on any atom is 0.137 e. The predicted molar refractivity (Wildman–Crippen MR) is 57.1 cm³/mol. The lowest BCUT2D eigenvalue weighted by Gasteiger charge is -2.18. The average molecular weight is 193 g/mol. The fourth-order valence-electron chi connectivity index (χ4n) is 2.70. The summed E-state index contributed by atoms with van der Waals surface area (Å²) in [7, 11) is 0. The van der Waals surface area contributed by atoms with E-state index in [2.05, 4.69) is 11.9 Å². The number of carbonyl (C=O) groups excluding carboxylic acids is 1. The Hall–Kier alpha value is -0.630. The van der Waals surface area contributed by atoms with E-state index in [0.29, 0.717) is 30.2 Å². The molecular formula is C12H19NO. The molecule has 2 saturated heterocycles. The van der Waals surface area contributed by atoms with Crippen molar-refractivity contribution in [1.29, 1.82) is 0 Å². The van der Waals surface area contributed by atoms with Gasteiger partial charge in [0.1, 0.15) is 5.78 Å². The molecule has 2 heteroatoms. The van der Waals surface area contributed by atoms with E-state index in [1.54, 1.807) is 0 Å². The topological polar surface area (TPSA) is 29.1 Å². The molecule has 0 amide bonds. The highest BCUT2D eigenvalue weighted by Crippen LogP contribution is 2.34. The molecule has 0 aromatic carbocycles. The van der Waals surface area contributed by atoms with Crippen molar-refractivity contribution < 1.29 is 4.79 Å². The second-order valence-corrected chi connectivity index (χ2v) is 4.81. The van der Waals surface area contributed by atoms with E-state index in [1.807, 2.05) is 6.92 Å². The lowest BCUT2D eigenvalue weighted by Crippen LogP contribution is -2.28. The van der Waals surface area contributed by atoms with Gasteiger partial charge in [0.25, 0.3) is 0 Å². The number of allylic oxidation sites excluding steroid dienone is 1. The molecule has 0 aromatic rings.